The van der Waals surface area contributed by atoms with E-state index < -0.39 is 0 Å². The Morgan fingerprint density at radius 3 is 1.36 bits per heavy atom. The Kier molecular flexibility index (Phi) is 6.62. The normalized spacial score (nSPS) is 11.8. The molecule has 0 aliphatic carbocycles. The number of hydrogen-bond donors (Lipinski definition) is 0. The van der Waals surface area contributed by atoms with E-state index in [2.05, 4.69) is 205 Å². The largest absolute Gasteiger partial charge is 0.309 e. The number of aromatic nitrogens is 1. The SMILES string of the molecule is c1ccc(-c2ccc(-c3ccccc3-c3ccc4ccc5c(-c6ccc(-n7c8ccccc8c8ccccc87)cc6)ccc6ccc3c4c65)cc2)cc1. The zero-order valence-electron chi connectivity index (χ0n) is 29.0. The summed E-state index contributed by atoms with van der Waals surface area (Å²) in [6.07, 6.45) is 0. The summed E-state index contributed by atoms with van der Waals surface area (Å²) in [5.41, 5.74) is 13.5. The lowest BCUT2D eigenvalue weighted by atomic mass is 9.85. The second-order valence-corrected chi connectivity index (χ2v) is 14.1. The number of fused-ring (bicyclic) bond motifs is 3. The van der Waals surface area contributed by atoms with E-state index in [9.17, 15) is 0 Å². The smallest absolute Gasteiger partial charge is 0.0541 e. The first-order valence-corrected chi connectivity index (χ1v) is 18.3. The summed E-state index contributed by atoms with van der Waals surface area (Å²) >= 11 is 0. The van der Waals surface area contributed by atoms with Gasteiger partial charge in [0.2, 0.25) is 0 Å². The van der Waals surface area contributed by atoms with Crippen molar-refractivity contribution < 1.29 is 0 Å². The fraction of sp³-hybridized carbons (Fsp3) is 0. The van der Waals surface area contributed by atoms with Crippen molar-refractivity contribution in [2.45, 2.75) is 0 Å². The summed E-state index contributed by atoms with van der Waals surface area (Å²) < 4.78 is 2.38. The molecule has 0 bridgehead atoms. The summed E-state index contributed by atoms with van der Waals surface area (Å²) in [5.74, 6) is 0. The minimum absolute atomic E-state index is 1.17. The predicted octanol–water partition coefficient (Wildman–Crippen LogP) is 14.3. The van der Waals surface area contributed by atoms with E-state index in [1.54, 1.807) is 0 Å². The van der Waals surface area contributed by atoms with Crippen LogP contribution in [0.15, 0.2) is 200 Å². The standard InChI is InChI=1S/C52H33N/c1-2-10-34(11-3-1)35-18-20-36(21-19-35)41-12-4-5-13-43(41)44-31-25-39-26-32-47-42(30-24-38-27-33-48(44)52(39)51(38)47)37-22-28-40(29-23-37)53-49-16-8-6-14-45(49)46-15-7-9-17-50(46)53/h1-33H. The van der Waals surface area contributed by atoms with E-state index in [1.165, 1.54) is 104 Å². The highest BCUT2D eigenvalue weighted by atomic mass is 15.0. The fourth-order valence-corrected chi connectivity index (χ4v) is 8.72. The molecule has 1 aromatic heterocycles. The maximum absolute atomic E-state index is 2.38. The van der Waals surface area contributed by atoms with Crippen molar-refractivity contribution in [1.82, 2.24) is 4.57 Å². The van der Waals surface area contributed by atoms with Crippen molar-refractivity contribution in [3.8, 4) is 50.2 Å². The third kappa shape index (κ3) is 4.64. The van der Waals surface area contributed by atoms with Crippen LogP contribution >= 0.6 is 0 Å². The molecule has 0 unspecified atom stereocenters. The quantitative estimate of drug-likeness (QED) is 0.161. The first kappa shape index (κ1) is 29.7. The highest BCUT2D eigenvalue weighted by molar-refractivity contribution is 6.28. The fourth-order valence-electron chi connectivity index (χ4n) is 8.72. The van der Waals surface area contributed by atoms with E-state index in [0.717, 1.165) is 0 Å². The Balaban J connectivity index is 1.04. The van der Waals surface area contributed by atoms with Gasteiger partial charge in [0.1, 0.15) is 0 Å². The van der Waals surface area contributed by atoms with Gasteiger partial charge in [0, 0.05) is 16.5 Å². The van der Waals surface area contributed by atoms with Crippen LogP contribution in [0.25, 0.3) is 104 Å². The second-order valence-electron chi connectivity index (χ2n) is 14.1. The minimum atomic E-state index is 1.17. The molecule has 1 heterocycles. The predicted molar refractivity (Wildman–Crippen MR) is 226 cm³/mol. The molecule has 0 aliphatic heterocycles. The van der Waals surface area contributed by atoms with Gasteiger partial charge in [-0.1, -0.05) is 176 Å². The van der Waals surface area contributed by atoms with E-state index in [4.69, 9.17) is 0 Å². The Morgan fingerprint density at radius 1 is 0.245 bits per heavy atom. The summed E-state index contributed by atoms with van der Waals surface area (Å²) in [5, 5.41) is 10.3. The summed E-state index contributed by atoms with van der Waals surface area (Å²) in [4.78, 5) is 0. The van der Waals surface area contributed by atoms with Gasteiger partial charge in [-0.05, 0) is 101 Å². The van der Waals surface area contributed by atoms with Gasteiger partial charge in [-0.15, -0.1) is 0 Å². The van der Waals surface area contributed by atoms with Crippen molar-refractivity contribution in [1.29, 1.82) is 0 Å². The van der Waals surface area contributed by atoms with Crippen LogP contribution in [0.1, 0.15) is 0 Å². The van der Waals surface area contributed by atoms with Gasteiger partial charge in [0.15, 0.2) is 0 Å². The van der Waals surface area contributed by atoms with Crippen LogP contribution < -0.4 is 0 Å². The summed E-state index contributed by atoms with van der Waals surface area (Å²) in [6, 6.07) is 73.4. The Labute approximate surface area is 308 Å². The lowest BCUT2D eigenvalue weighted by molar-refractivity contribution is 1.18. The van der Waals surface area contributed by atoms with Crippen LogP contribution in [-0.4, -0.2) is 4.57 Å². The summed E-state index contributed by atoms with van der Waals surface area (Å²) in [7, 11) is 0. The van der Waals surface area contributed by atoms with Crippen LogP contribution in [0.5, 0.6) is 0 Å². The molecule has 53 heavy (non-hydrogen) atoms. The lowest BCUT2D eigenvalue weighted by Crippen LogP contribution is -1.94. The molecule has 10 aromatic carbocycles. The average Bonchev–Trinajstić information content (AvgIpc) is 3.57. The van der Waals surface area contributed by atoms with Crippen molar-refractivity contribution in [2.24, 2.45) is 0 Å². The lowest BCUT2D eigenvalue weighted by Gasteiger charge is -2.18. The van der Waals surface area contributed by atoms with E-state index in [1.807, 2.05) is 0 Å². The molecule has 246 valence electrons. The van der Waals surface area contributed by atoms with E-state index in [-0.39, 0.29) is 0 Å². The topological polar surface area (TPSA) is 4.93 Å². The number of hydrogen-bond acceptors (Lipinski definition) is 0. The van der Waals surface area contributed by atoms with Crippen molar-refractivity contribution in [2.75, 3.05) is 0 Å². The summed E-state index contributed by atoms with van der Waals surface area (Å²) in [6.45, 7) is 0. The van der Waals surface area contributed by atoms with Crippen LogP contribution in [0, 0.1) is 0 Å². The zero-order chi connectivity index (χ0) is 34.9. The van der Waals surface area contributed by atoms with Crippen molar-refractivity contribution >= 4 is 54.1 Å². The highest BCUT2D eigenvalue weighted by Gasteiger charge is 2.17. The van der Waals surface area contributed by atoms with E-state index in [0.29, 0.717) is 0 Å². The number of para-hydroxylation sites is 2. The zero-order valence-corrected chi connectivity index (χ0v) is 29.0. The number of rotatable bonds is 5. The van der Waals surface area contributed by atoms with Gasteiger partial charge >= 0.3 is 0 Å². The molecule has 11 aromatic rings. The molecular weight excluding hydrogens is 639 g/mol. The first-order chi connectivity index (χ1) is 26.3. The molecule has 11 rings (SSSR count). The molecular formula is C52H33N. The average molecular weight is 672 g/mol. The van der Waals surface area contributed by atoms with Crippen molar-refractivity contribution in [3.63, 3.8) is 0 Å². The van der Waals surface area contributed by atoms with Gasteiger partial charge in [-0.2, -0.15) is 0 Å². The van der Waals surface area contributed by atoms with Gasteiger partial charge in [-0.3, -0.25) is 0 Å². The molecule has 0 atom stereocenters. The molecule has 0 radical (unpaired) electrons. The van der Waals surface area contributed by atoms with Gasteiger partial charge in [0.25, 0.3) is 0 Å². The first-order valence-electron chi connectivity index (χ1n) is 18.3. The van der Waals surface area contributed by atoms with Crippen molar-refractivity contribution in [3.05, 3.63) is 200 Å². The third-order valence-corrected chi connectivity index (χ3v) is 11.2. The van der Waals surface area contributed by atoms with Gasteiger partial charge in [0.05, 0.1) is 11.0 Å². The van der Waals surface area contributed by atoms with Gasteiger partial charge < -0.3 is 4.57 Å². The number of benzene rings is 10. The number of nitrogens with zero attached hydrogens (tertiary/aromatic N) is 1. The van der Waals surface area contributed by atoms with Gasteiger partial charge in [-0.25, -0.2) is 0 Å². The van der Waals surface area contributed by atoms with Crippen LogP contribution in [0.3, 0.4) is 0 Å². The van der Waals surface area contributed by atoms with Crippen LogP contribution in [0.2, 0.25) is 0 Å². The molecule has 1 heteroatoms. The monoisotopic (exact) mass is 671 g/mol. The van der Waals surface area contributed by atoms with Crippen LogP contribution in [0.4, 0.5) is 0 Å². The maximum atomic E-state index is 2.38. The molecule has 0 amide bonds. The van der Waals surface area contributed by atoms with Crippen LogP contribution in [-0.2, 0) is 0 Å². The minimum Gasteiger partial charge on any atom is -0.309 e. The highest BCUT2D eigenvalue weighted by Crippen LogP contribution is 2.44. The maximum Gasteiger partial charge on any atom is 0.0541 e. The molecule has 0 saturated carbocycles. The Bertz CT molecular complexity index is 3080. The second kappa shape index (κ2) is 11.8. The van der Waals surface area contributed by atoms with E-state index >= 15 is 0 Å². The molecule has 0 fully saturated rings. The molecule has 0 saturated heterocycles. The molecule has 0 N–H and O–H groups in total. The molecule has 0 spiro atoms. The molecule has 1 nitrogen and oxygen atoms in total. The Morgan fingerprint density at radius 2 is 0.698 bits per heavy atom. The Hall–Kier alpha value is -6.96. The molecule has 0 aliphatic rings. The third-order valence-electron chi connectivity index (χ3n) is 11.2.